The summed E-state index contributed by atoms with van der Waals surface area (Å²) < 4.78 is 0. The predicted molar refractivity (Wildman–Crippen MR) is 67.5 cm³/mol. The molecule has 0 atom stereocenters. The van der Waals surface area contributed by atoms with Gasteiger partial charge in [0.1, 0.15) is 13.1 Å². The highest BCUT2D eigenvalue weighted by Crippen LogP contribution is 2.11. The minimum atomic E-state index is -1.22. The lowest BCUT2D eigenvalue weighted by Crippen LogP contribution is -2.46. The summed E-state index contributed by atoms with van der Waals surface area (Å²) in [5, 5.41) is 11.2. The molecule has 1 aromatic heterocycles. The highest BCUT2D eigenvalue weighted by molar-refractivity contribution is 7.09. The average molecular weight is 286 g/mol. The summed E-state index contributed by atoms with van der Waals surface area (Å²) in [6.45, 7) is 0.997. The predicted octanol–water partition coefficient (Wildman–Crippen LogP) is -0.467. The van der Waals surface area contributed by atoms with Crippen molar-refractivity contribution >= 4 is 29.2 Å². The molecule has 1 rings (SSSR count). The number of hydrogen-bond donors (Lipinski definition) is 3. The Hall–Kier alpha value is -2.16. The number of hydrogen-bond acceptors (Lipinski definition) is 5. The zero-order valence-electron chi connectivity index (χ0n) is 10.3. The van der Waals surface area contributed by atoms with Gasteiger partial charge in [-0.2, -0.15) is 0 Å². The smallest absolute Gasteiger partial charge is 0.323 e. The molecule has 0 bridgehead atoms. The van der Waals surface area contributed by atoms with Gasteiger partial charge in [0.15, 0.2) is 0 Å². The summed E-state index contributed by atoms with van der Waals surface area (Å²) in [6.07, 6.45) is 0. The van der Waals surface area contributed by atoms with Gasteiger partial charge >= 0.3 is 12.0 Å². The van der Waals surface area contributed by atoms with Crippen LogP contribution in [0.15, 0.2) is 5.51 Å². The third-order valence-corrected chi connectivity index (χ3v) is 3.14. The highest BCUT2D eigenvalue weighted by Gasteiger charge is 2.18. The lowest BCUT2D eigenvalue weighted by atomic mass is 10.4. The van der Waals surface area contributed by atoms with Gasteiger partial charge in [-0.1, -0.05) is 0 Å². The number of amides is 3. The molecule has 0 radical (unpaired) electrons. The fraction of sp³-hybridized carbons (Fsp3) is 0.400. The molecule has 0 aliphatic heterocycles. The number of rotatable bonds is 6. The van der Waals surface area contributed by atoms with Crippen LogP contribution < -0.4 is 11.1 Å². The topological polar surface area (TPSA) is 126 Å². The molecule has 0 spiro atoms. The number of carboxylic acids is 1. The molecule has 9 heteroatoms. The number of nitrogens with one attached hydrogen (secondary N) is 1. The van der Waals surface area contributed by atoms with E-state index in [1.807, 2.05) is 0 Å². The fourth-order valence-corrected chi connectivity index (χ4v) is 2.03. The molecule has 0 saturated heterocycles. The van der Waals surface area contributed by atoms with Gasteiger partial charge in [-0.15, -0.1) is 11.3 Å². The van der Waals surface area contributed by atoms with Crippen molar-refractivity contribution in [1.29, 1.82) is 0 Å². The zero-order chi connectivity index (χ0) is 14.4. The van der Waals surface area contributed by atoms with Gasteiger partial charge in [-0.3, -0.25) is 9.59 Å². The van der Waals surface area contributed by atoms with E-state index in [4.69, 9.17) is 10.8 Å². The van der Waals surface area contributed by atoms with Crippen LogP contribution in [0.1, 0.15) is 10.6 Å². The number of primary amides is 1. The normalized spacial score (nSPS) is 9.95. The van der Waals surface area contributed by atoms with E-state index in [1.165, 1.54) is 11.3 Å². The lowest BCUT2D eigenvalue weighted by Gasteiger charge is -2.19. The Morgan fingerprint density at radius 3 is 2.63 bits per heavy atom. The molecule has 104 valence electrons. The molecule has 0 fully saturated rings. The molecule has 0 aliphatic rings. The fourth-order valence-electron chi connectivity index (χ4n) is 1.31. The maximum absolute atomic E-state index is 11.7. The SMILES string of the molecule is Cc1ncsc1CNC(=O)N(CC(N)=O)CC(=O)O. The van der Waals surface area contributed by atoms with Gasteiger partial charge in [0.05, 0.1) is 17.7 Å². The number of carbonyl (C=O) groups excluding carboxylic acids is 2. The molecule has 1 aromatic rings. The Labute approximate surface area is 113 Å². The first-order valence-corrected chi connectivity index (χ1v) is 6.20. The minimum absolute atomic E-state index is 0.226. The summed E-state index contributed by atoms with van der Waals surface area (Å²) in [6, 6.07) is -0.658. The van der Waals surface area contributed by atoms with Crippen molar-refractivity contribution in [2.24, 2.45) is 5.73 Å². The van der Waals surface area contributed by atoms with E-state index in [0.29, 0.717) is 0 Å². The quantitative estimate of drug-likeness (QED) is 0.652. The van der Waals surface area contributed by atoms with Gasteiger partial charge in [0.2, 0.25) is 5.91 Å². The summed E-state index contributed by atoms with van der Waals surface area (Å²) in [4.78, 5) is 38.9. The van der Waals surface area contributed by atoms with Crippen LogP contribution in [0.5, 0.6) is 0 Å². The summed E-state index contributed by atoms with van der Waals surface area (Å²) in [5.74, 6) is -1.99. The second-order valence-electron chi connectivity index (χ2n) is 3.74. The highest BCUT2D eigenvalue weighted by atomic mass is 32.1. The van der Waals surface area contributed by atoms with Crippen LogP contribution in [-0.4, -0.2) is 46.0 Å². The largest absolute Gasteiger partial charge is 0.480 e. The van der Waals surface area contributed by atoms with E-state index in [0.717, 1.165) is 15.5 Å². The number of urea groups is 1. The molecule has 0 aromatic carbocycles. The van der Waals surface area contributed by atoms with Gasteiger partial charge < -0.3 is 21.1 Å². The Morgan fingerprint density at radius 1 is 1.47 bits per heavy atom. The van der Waals surface area contributed by atoms with E-state index in [-0.39, 0.29) is 6.54 Å². The number of nitrogens with two attached hydrogens (primary N) is 1. The first-order valence-electron chi connectivity index (χ1n) is 5.32. The van der Waals surface area contributed by atoms with Crippen molar-refractivity contribution in [2.75, 3.05) is 13.1 Å². The van der Waals surface area contributed by atoms with Gasteiger partial charge in [0.25, 0.3) is 0 Å². The molecule has 4 N–H and O–H groups in total. The van der Waals surface area contributed by atoms with E-state index >= 15 is 0 Å². The standard InChI is InChI=1S/C10H14N4O4S/c1-6-7(19-5-13-6)2-12-10(18)14(3-8(11)15)4-9(16)17/h5H,2-4H2,1H3,(H2,11,15)(H,12,18)(H,16,17). The first-order chi connectivity index (χ1) is 8.90. The number of aryl methyl sites for hydroxylation is 1. The van der Waals surface area contributed by atoms with Gasteiger partial charge in [-0.25, -0.2) is 9.78 Å². The summed E-state index contributed by atoms with van der Waals surface area (Å²) in [5.41, 5.74) is 7.40. The zero-order valence-corrected chi connectivity index (χ0v) is 11.1. The van der Waals surface area contributed by atoms with E-state index < -0.39 is 31.0 Å². The van der Waals surface area contributed by atoms with E-state index in [1.54, 1.807) is 12.4 Å². The number of thiazole rings is 1. The minimum Gasteiger partial charge on any atom is -0.480 e. The molecular weight excluding hydrogens is 272 g/mol. The molecule has 8 nitrogen and oxygen atoms in total. The Bertz CT molecular complexity index is 472. The molecular formula is C10H14N4O4S. The third-order valence-electron chi connectivity index (χ3n) is 2.21. The van der Waals surface area contributed by atoms with Crippen molar-refractivity contribution in [3.63, 3.8) is 0 Å². The van der Waals surface area contributed by atoms with Crippen LogP contribution >= 0.6 is 11.3 Å². The Balaban J connectivity index is 2.58. The number of aliphatic carboxylic acids is 1. The number of carboxylic acid groups (broad SMARTS) is 1. The third kappa shape index (κ3) is 4.92. The number of nitrogens with zero attached hydrogens (tertiary/aromatic N) is 2. The molecule has 1 heterocycles. The maximum atomic E-state index is 11.7. The van der Waals surface area contributed by atoms with Gasteiger partial charge in [0, 0.05) is 4.88 Å². The molecule has 3 amide bonds. The Morgan fingerprint density at radius 2 is 2.16 bits per heavy atom. The Kier molecular flexibility index (Phi) is 5.24. The van der Waals surface area contributed by atoms with Crippen molar-refractivity contribution in [1.82, 2.24) is 15.2 Å². The van der Waals surface area contributed by atoms with Crippen molar-refractivity contribution < 1.29 is 19.5 Å². The number of carbonyl (C=O) groups is 3. The maximum Gasteiger partial charge on any atom is 0.323 e. The van der Waals surface area contributed by atoms with Crippen LogP contribution in [0.2, 0.25) is 0 Å². The summed E-state index contributed by atoms with van der Waals surface area (Å²) in [7, 11) is 0. The average Bonchev–Trinajstić information content (AvgIpc) is 2.69. The van der Waals surface area contributed by atoms with E-state index in [9.17, 15) is 14.4 Å². The van der Waals surface area contributed by atoms with Crippen molar-refractivity contribution in [2.45, 2.75) is 13.5 Å². The van der Waals surface area contributed by atoms with Crippen molar-refractivity contribution in [3.8, 4) is 0 Å². The monoisotopic (exact) mass is 286 g/mol. The second-order valence-corrected chi connectivity index (χ2v) is 4.68. The first kappa shape index (κ1) is 14.9. The van der Waals surface area contributed by atoms with Crippen molar-refractivity contribution in [3.05, 3.63) is 16.1 Å². The molecule has 0 aliphatic carbocycles. The van der Waals surface area contributed by atoms with Crippen LogP contribution in [0, 0.1) is 6.92 Å². The van der Waals surface area contributed by atoms with Crippen LogP contribution in [0.25, 0.3) is 0 Å². The van der Waals surface area contributed by atoms with Gasteiger partial charge in [-0.05, 0) is 6.92 Å². The van der Waals surface area contributed by atoms with Crippen LogP contribution in [0.3, 0.4) is 0 Å². The second kappa shape index (κ2) is 6.69. The molecule has 0 saturated carbocycles. The van der Waals surface area contributed by atoms with Crippen LogP contribution in [0.4, 0.5) is 4.79 Å². The lowest BCUT2D eigenvalue weighted by molar-refractivity contribution is -0.137. The number of aromatic nitrogens is 1. The molecule has 19 heavy (non-hydrogen) atoms. The summed E-state index contributed by atoms with van der Waals surface area (Å²) >= 11 is 1.38. The molecule has 0 unspecified atom stereocenters. The van der Waals surface area contributed by atoms with Crippen LogP contribution in [-0.2, 0) is 16.1 Å². The van der Waals surface area contributed by atoms with E-state index in [2.05, 4.69) is 10.3 Å².